The van der Waals surface area contributed by atoms with E-state index in [9.17, 15) is 4.79 Å². The fourth-order valence-electron chi connectivity index (χ4n) is 4.72. The fraction of sp³-hybridized carbons (Fsp3) is 0.889. The number of unbranched alkanes of at least 4 members (excludes halogenated alkanes) is 5. The van der Waals surface area contributed by atoms with Crippen molar-refractivity contribution >= 4 is 5.97 Å². The number of carbonyl (C=O) groups excluding carboxylic acids is 1. The van der Waals surface area contributed by atoms with Gasteiger partial charge in [0, 0.05) is 6.42 Å². The van der Waals surface area contributed by atoms with Gasteiger partial charge in [0.1, 0.15) is 6.10 Å². The molecular weight excluding hydrogens is 356 g/mol. The van der Waals surface area contributed by atoms with Gasteiger partial charge in [0.2, 0.25) is 0 Å². The second kappa shape index (κ2) is 18.0. The van der Waals surface area contributed by atoms with Crippen molar-refractivity contribution in [3.8, 4) is 0 Å². The smallest absolute Gasteiger partial charge is 0.306 e. The average Bonchev–Trinajstić information content (AvgIpc) is 2.72. The highest BCUT2D eigenvalue weighted by atomic mass is 16.5. The molecule has 0 radical (unpaired) electrons. The van der Waals surface area contributed by atoms with Gasteiger partial charge >= 0.3 is 5.97 Å². The van der Waals surface area contributed by atoms with Gasteiger partial charge in [-0.25, -0.2) is 0 Å². The zero-order valence-corrected chi connectivity index (χ0v) is 19.9. The lowest BCUT2D eigenvalue weighted by Gasteiger charge is -2.26. The van der Waals surface area contributed by atoms with E-state index in [1.165, 1.54) is 96.3 Å². The molecule has 1 heterocycles. The molecule has 3 unspecified atom stereocenters. The monoisotopic (exact) mass is 406 g/mol. The normalized spacial score (nSPS) is 21.1. The topological polar surface area (TPSA) is 26.3 Å². The highest BCUT2D eigenvalue weighted by Crippen LogP contribution is 2.30. The van der Waals surface area contributed by atoms with E-state index in [0.717, 1.165) is 18.8 Å². The Balaban J connectivity index is 2.73. The highest BCUT2D eigenvalue weighted by Gasteiger charge is 2.20. The first-order valence-corrected chi connectivity index (χ1v) is 13.1. The number of hydrogen-bond acceptors (Lipinski definition) is 2. The van der Waals surface area contributed by atoms with Crippen LogP contribution in [0.15, 0.2) is 12.2 Å². The van der Waals surface area contributed by atoms with Crippen molar-refractivity contribution in [1.82, 2.24) is 0 Å². The summed E-state index contributed by atoms with van der Waals surface area (Å²) in [5, 5.41) is 0. The lowest BCUT2D eigenvalue weighted by atomic mass is 9.80. The van der Waals surface area contributed by atoms with Crippen LogP contribution in [0.4, 0.5) is 0 Å². The van der Waals surface area contributed by atoms with Gasteiger partial charge < -0.3 is 4.74 Å². The second-order valence-corrected chi connectivity index (χ2v) is 9.28. The number of hydrogen-bond donors (Lipinski definition) is 0. The summed E-state index contributed by atoms with van der Waals surface area (Å²) in [7, 11) is 0. The van der Waals surface area contributed by atoms with Gasteiger partial charge in [-0.15, -0.1) is 0 Å². The SMILES string of the molecule is CCCCCCC(CCCCC)C(/C=C/C1CCCCCCCC(=O)O1)CCC. The summed E-state index contributed by atoms with van der Waals surface area (Å²) in [5.74, 6) is 1.45. The third-order valence-corrected chi connectivity index (χ3v) is 6.56. The molecule has 29 heavy (non-hydrogen) atoms. The molecule has 1 rings (SSSR count). The molecule has 1 aliphatic rings. The lowest BCUT2D eigenvalue weighted by Crippen LogP contribution is -2.19. The van der Waals surface area contributed by atoms with Gasteiger partial charge in [-0.1, -0.05) is 97.5 Å². The Morgan fingerprint density at radius 1 is 0.828 bits per heavy atom. The molecule has 1 fully saturated rings. The first-order chi connectivity index (χ1) is 14.2. The Morgan fingerprint density at radius 2 is 1.48 bits per heavy atom. The number of rotatable bonds is 14. The fourth-order valence-corrected chi connectivity index (χ4v) is 4.72. The summed E-state index contributed by atoms with van der Waals surface area (Å²) < 4.78 is 5.82. The first-order valence-electron chi connectivity index (χ1n) is 13.1. The van der Waals surface area contributed by atoms with Crippen molar-refractivity contribution in [3.63, 3.8) is 0 Å². The maximum Gasteiger partial charge on any atom is 0.306 e. The largest absolute Gasteiger partial charge is 0.458 e. The summed E-state index contributed by atoms with van der Waals surface area (Å²) in [6.45, 7) is 6.90. The third kappa shape index (κ3) is 13.2. The molecule has 1 saturated heterocycles. The molecule has 0 aliphatic carbocycles. The summed E-state index contributed by atoms with van der Waals surface area (Å²) in [6.07, 6.45) is 26.9. The van der Waals surface area contributed by atoms with Crippen LogP contribution in [-0.4, -0.2) is 12.1 Å². The Morgan fingerprint density at radius 3 is 2.21 bits per heavy atom. The molecule has 2 nitrogen and oxygen atoms in total. The van der Waals surface area contributed by atoms with Crippen molar-refractivity contribution in [2.75, 3.05) is 0 Å². The van der Waals surface area contributed by atoms with E-state index in [2.05, 4.69) is 32.9 Å². The van der Waals surface area contributed by atoms with E-state index in [1.54, 1.807) is 0 Å². The van der Waals surface area contributed by atoms with Crippen molar-refractivity contribution < 1.29 is 9.53 Å². The summed E-state index contributed by atoms with van der Waals surface area (Å²) >= 11 is 0. The van der Waals surface area contributed by atoms with Crippen LogP contribution in [0.1, 0.15) is 136 Å². The second-order valence-electron chi connectivity index (χ2n) is 9.28. The van der Waals surface area contributed by atoms with Gasteiger partial charge in [-0.05, 0) is 56.4 Å². The van der Waals surface area contributed by atoms with Crippen LogP contribution in [0.3, 0.4) is 0 Å². The van der Waals surface area contributed by atoms with Gasteiger partial charge in [-0.3, -0.25) is 4.79 Å². The lowest BCUT2D eigenvalue weighted by molar-refractivity contribution is -0.147. The van der Waals surface area contributed by atoms with Gasteiger partial charge in [0.05, 0.1) is 0 Å². The minimum absolute atomic E-state index is 0.00339. The van der Waals surface area contributed by atoms with Crippen LogP contribution in [0.25, 0.3) is 0 Å². The van der Waals surface area contributed by atoms with E-state index in [4.69, 9.17) is 4.74 Å². The van der Waals surface area contributed by atoms with Gasteiger partial charge in [-0.2, -0.15) is 0 Å². The number of cyclic esters (lactones) is 1. The van der Waals surface area contributed by atoms with E-state index >= 15 is 0 Å². The van der Waals surface area contributed by atoms with Gasteiger partial charge in [0.25, 0.3) is 0 Å². The molecule has 0 aromatic heterocycles. The molecule has 0 amide bonds. The number of allylic oxidation sites excluding steroid dienone is 1. The van der Waals surface area contributed by atoms with E-state index in [0.29, 0.717) is 12.3 Å². The Labute approximate surface area is 182 Å². The first kappa shape index (κ1) is 26.2. The molecule has 0 spiro atoms. The predicted octanol–water partition coefficient (Wildman–Crippen LogP) is 8.78. The zero-order chi connectivity index (χ0) is 21.2. The van der Waals surface area contributed by atoms with Crippen molar-refractivity contribution in [1.29, 1.82) is 0 Å². The Bertz CT molecular complexity index is 415. The number of carbonyl (C=O) groups is 1. The predicted molar refractivity (Wildman–Crippen MR) is 126 cm³/mol. The summed E-state index contributed by atoms with van der Waals surface area (Å²) in [4.78, 5) is 12.1. The average molecular weight is 407 g/mol. The molecule has 1 aliphatic heterocycles. The molecule has 2 heteroatoms. The summed E-state index contributed by atoms with van der Waals surface area (Å²) in [5.41, 5.74) is 0. The number of ether oxygens (including phenoxy) is 1. The highest BCUT2D eigenvalue weighted by molar-refractivity contribution is 5.69. The minimum atomic E-state index is -0.00339. The van der Waals surface area contributed by atoms with Crippen LogP contribution in [-0.2, 0) is 9.53 Å². The molecule has 0 aromatic rings. The van der Waals surface area contributed by atoms with Crippen LogP contribution < -0.4 is 0 Å². The maximum atomic E-state index is 12.1. The zero-order valence-electron chi connectivity index (χ0n) is 19.9. The Hall–Kier alpha value is -0.790. The van der Waals surface area contributed by atoms with E-state index in [1.807, 2.05) is 0 Å². The molecular formula is C27H50O2. The molecule has 0 N–H and O–H groups in total. The third-order valence-electron chi connectivity index (χ3n) is 6.56. The minimum Gasteiger partial charge on any atom is -0.458 e. The Kier molecular flexibility index (Phi) is 16.3. The van der Waals surface area contributed by atoms with E-state index in [-0.39, 0.29) is 12.1 Å². The molecule has 0 saturated carbocycles. The summed E-state index contributed by atoms with van der Waals surface area (Å²) in [6, 6.07) is 0. The maximum absolute atomic E-state index is 12.1. The van der Waals surface area contributed by atoms with Crippen LogP contribution in [0, 0.1) is 11.8 Å². The van der Waals surface area contributed by atoms with Crippen LogP contribution in [0.5, 0.6) is 0 Å². The quantitative estimate of drug-likeness (QED) is 0.164. The van der Waals surface area contributed by atoms with Crippen molar-refractivity contribution in [2.24, 2.45) is 11.8 Å². The van der Waals surface area contributed by atoms with Crippen LogP contribution >= 0.6 is 0 Å². The van der Waals surface area contributed by atoms with E-state index < -0.39 is 0 Å². The molecule has 0 bridgehead atoms. The molecule has 0 aromatic carbocycles. The standard InChI is InChI=1S/C27H50O2/c1-4-7-9-14-19-25(18-13-8-5-2)24(17-6-3)22-23-26-20-15-11-10-12-16-21-27(28)29-26/h22-26H,4-21H2,1-3H3/b23-22+. The molecule has 170 valence electrons. The van der Waals surface area contributed by atoms with Crippen LogP contribution in [0.2, 0.25) is 0 Å². The van der Waals surface area contributed by atoms with Gasteiger partial charge in [0.15, 0.2) is 0 Å². The van der Waals surface area contributed by atoms with Crippen molar-refractivity contribution in [2.45, 2.75) is 142 Å². The number of esters is 1. The molecule has 3 atom stereocenters. The van der Waals surface area contributed by atoms with Crippen molar-refractivity contribution in [3.05, 3.63) is 12.2 Å².